The molecule has 0 saturated heterocycles. The lowest BCUT2D eigenvalue weighted by atomic mass is 9.96. The molecule has 1 amide bonds. The quantitative estimate of drug-likeness (QED) is 0.868. The first-order valence-corrected chi connectivity index (χ1v) is 9.50. The van der Waals surface area contributed by atoms with E-state index in [4.69, 9.17) is 0 Å². The Balaban J connectivity index is 2.09. The van der Waals surface area contributed by atoms with Gasteiger partial charge < -0.3 is 9.88 Å². The smallest absolute Gasteiger partial charge is 0.257 e. The number of hydrogen-bond donors (Lipinski definition) is 1. The molecule has 5 heteroatoms. The molecule has 0 spiro atoms. The molecule has 0 bridgehead atoms. The predicted octanol–water partition coefficient (Wildman–Crippen LogP) is 3.08. The lowest BCUT2D eigenvalue weighted by molar-refractivity contribution is 0.0952. The van der Waals surface area contributed by atoms with Gasteiger partial charge in [-0.3, -0.25) is 14.6 Å². The van der Waals surface area contributed by atoms with Crippen molar-refractivity contribution < 1.29 is 4.79 Å². The summed E-state index contributed by atoms with van der Waals surface area (Å²) in [5.74, 6) is 0.287. The molecule has 1 aliphatic rings. The summed E-state index contributed by atoms with van der Waals surface area (Å²) in [6.07, 6.45) is 9.18. The molecule has 0 aliphatic heterocycles. The van der Waals surface area contributed by atoms with Crippen molar-refractivity contribution in [1.82, 2.24) is 14.9 Å². The summed E-state index contributed by atoms with van der Waals surface area (Å²) in [5, 5.41) is 2.81. The van der Waals surface area contributed by atoms with Crippen LogP contribution < -0.4 is 10.7 Å². The van der Waals surface area contributed by atoms with Crippen LogP contribution in [0.15, 0.2) is 35.4 Å². The highest BCUT2D eigenvalue weighted by atomic mass is 16.2. The Morgan fingerprint density at radius 3 is 2.77 bits per heavy atom. The van der Waals surface area contributed by atoms with Gasteiger partial charge in [0.25, 0.3) is 5.91 Å². The molecule has 2 aromatic rings. The van der Waals surface area contributed by atoms with Crippen LogP contribution in [0.5, 0.6) is 0 Å². The Kier molecular flexibility index (Phi) is 5.86. The zero-order chi connectivity index (χ0) is 18.5. The van der Waals surface area contributed by atoms with E-state index in [1.54, 1.807) is 12.3 Å². The van der Waals surface area contributed by atoms with Crippen molar-refractivity contribution >= 4 is 5.91 Å². The largest absolute Gasteiger partial charge is 0.352 e. The van der Waals surface area contributed by atoms with Gasteiger partial charge in [0, 0.05) is 42.9 Å². The van der Waals surface area contributed by atoms with Crippen LogP contribution in [0.4, 0.5) is 0 Å². The molecule has 138 valence electrons. The average Bonchev–Trinajstić information content (AvgIpc) is 3.12. The van der Waals surface area contributed by atoms with Gasteiger partial charge in [-0.1, -0.05) is 31.7 Å². The van der Waals surface area contributed by atoms with Gasteiger partial charge in [0.05, 0.1) is 0 Å². The molecular weight excluding hydrogens is 326 g/mol. The summed E-state index contributed by atoms with van der Waals surface area (Å²) < 4.78 is 2.13. The van der Waals surface area contributed by atoms with Crippen LogP contribution in [0.3, 0.4) is 0 Å². The van der Waals surface area contributed by atoms with Crippen LogP contribution in [0.1, 0.15) is 59.9 Å². The van der Waals surface area contributed by atoms with E-state index in [1.807, 2.05) is 32.2 Å². The van der Waals surface area contributed by atoms with Crippen molar-refractivity contribution in [1.29, 1.82) is 0 Å². The van der Waals surface area contributed by atoms with Crippen LogP contribution in [-0.4, -0.2) is 22.0 Å². The summed E-state index contributed by atoms with van der Waals surface area (Å²) in [6.45, 7) is 4.94. The molecule has 1 fully saturated rings. The standard InChI is InChI=1S/C21H27N3O2/c1-3-23-21(26)20-18(12-16-7-4-5-8-16)24(15(2)11-19(20)25)14-17-9-6-10-22-13-17/h6,9-11,13,16H,3-5,7-8,12,14H2,1-2H3,(H,23,26). The van der Waals surface area contributed by atoms with E-state index in [-0.39, 0.29) is 11.3 Å². The molecule has 0 aromatic carbocycles. The second-order valence-electron chi connectivity index (χ2n) is 7.13. The first kappa shape index (κ1) is 18.4. The maximum Gasteiger partial charge on any atom is 0.257 e. The number of nitrogens with one attached hydrogen (secondary N) is 1. The van der Waals surface area contributed by atoms with Gasteiger partial charge in [-0.05, 0) is 37.8 Å². The molecule has 26 heavy (non-hydrogen) atoms. The monoisotopic (exact) mass is 353 g/mol. The molecule has 1 saturated carbocycles. The van der Waals surface area contributed by atoms with Crippen molar-refractivity contribution in [3.8, 4) is 0 Å². The lowest BCUT2D eigenvalue weighted by Crippen LogP contribution is -2.33. The van der Waals surface area contributed by atoms with Crippen LogP contribution in [-0.2, 0) is 13.0 Å². The predicted molar refractivity (Wildman–Crippen MR) is 102 cm³/mol. The van der Waals surface area contributed by atoms with E-state index in [1.165, 1.54) is 25.7 Å². The number of aryl methyl sites for hydroxylation is 1. The van der Waals surface area contributed by atoms with E-state index in [2.05, 4.69) is 14.9 Å². The molecule has 2 aromatic heterocycles. The molecule has 1 N–H and O–H groups in total. The van der Waals surface area contributed by atoms with Gasteiger partial charge in [0.2, 0.25) is 0 Å². The molecule has 0 unspecified atom stereocenters. The fourth-order valence-corrected chi connectivity index (χ4v) is 3.92. The summed E-state index contributed by atoms with van der Waals surface area (Å²) in [6, 6.07) is 5.52. The summed E-state index contributed by atoms with van der Waals surface area (Å²) in [4.78, 5) is 29.5. The van der Waals surface area contributed by atoms with Crippen molar-refractivity contribution in [2.24, 2.45) is 5.92 Å². The normalized spacial score (nSPS) is 14.5. The minimum Gasteiger partial charge on any atom is -0.352 e. The Labute approximate surface area is 154 Å². The van der Waals surface area contributed by atoms with Gasteiger partial charge in [0.1, 0.15) is 5.56 Å². The number of aromatic nitrogens is 2. The van der Waals surface area contributed by atoms with Crippen molar-refractivity contribution in [3.63, 3.8) is 0 Å². The minimum atomic E-state index is -0.259. The molecule has 3 rings (SSSR count). The van der Waals surface area contributed by atoms with Crippen molar-refractivity contribution in [3.05, 3.63) is 63.3 Å². The van der Waals surface area contributed by atoms with E-state index >= 15 is 0 Å². The van der Waals surface area contributed by atoms with Crippen molar-refractivity contribution in [2.45, 2.75) is 52.5 Å². The number of nitrogens with zero attached hydrogens (tertiary/aromatic N) is 2. The van der Waals surface area contributed by atoms with Crippen LogP contribution >= 0.6 is 0 Å². The topological polar surface area (TPSA) is 64.0 Å². The highest BCUT2D eigenvalue weighted by Gasteiger charge is 2.24. The third kappa shape index (κ3) is 4.03. The van der Waals surface area contributed by atoms with Crippen LogP contribution in [0.25, 0.3) is 0 Å². The number of carbonyl (C=O) groups excluding carboxylic acids is 1. The second kappa shape index (κ2) is 8.30. The molecule has 0 atom stereocenters. The highest BCUT2D eigenvalue weighted by molar-refractivity contribution is 5.95. The molecule has 5 nitrogen and oxygen atoms in total. The number of amides is 1. The first-order chi connectivity index (χ1) is 12.6. The maximum absolute atomic E-state index is 12.7. The minimum absolute atomic E-state index is 0.177. The molecule has 0 radical (unpaired) electrons. The molecular formula is C21H27N3O2. The number of carbonyl (C=O) groups is 1. The van der Waals surface area contributed by atoms with Crippen LogP contribution in [0, 0.1) is 12.8 Å². The highest BCUT2D eigenvalue weighted by Crippen LogP contribution is 2.29. The maximum atomic E-state index is 12.7. The summed E-state index contributed by atoms with van der Waals surface area (Å²) in [5.41, 5.74) is 2.96. The second-order valence-corrected chi connectivity index (χ2v) is 7.13. The van der Waals surface area contributed by atoms with Gasteiger partial charge in [-0.25, -0.2) is 0 Å². The summed E-state index contributed by atoms with van der Waals surface area (Å²) >= 11 is 0. The molecule has 1 aliphatic carbocycles. The third-order valence-electron chi connectivity index (χ3n) is 5.21. The number of pyridine rings is 2. The Morgan fingerprint density at radius 1 is 1.35 bits per heavy atom. The van der Waals surface area contributed by atoms with E-state index in [9.17, 15) is 9.59 Å². The fourth-order valence-electron chi connectivity index (χ4n) is 3.92. The molecule has 2 heterocycles. The van der Waals surface area contributed by atoms with Gasteiger partial charge in [0.15, 0.2) is 5.43 Å². The first-order valence-electron chi connectivity index (χ1n) is 9.50. The zero-order valence-corrected chi connectivity index (χ0v) is 15.6. The fraction of sp³-hybridized carbons (Fsp3) is 0.476. The van der Waals surface area contributed by atoms with E-state index in [0.717, 1.165) is 23.4 Å². The van der Waals surface area contributed by atoms with Gasteiger partial charge in [-0.15, -0.1) is 0 Å². The van der Waals surface area contributed by atoms with Gasteiger partial charge >= 0.3 is 0 Å². The van der Waals surface area contributed by atoms with Gasteiger partial charge in [-0.2, -0.15) is 0 Å². The van der Waals surface area contributed by atoms with Crippen LogP contribution in [0.2, 0.25) is 0 Å². The number of hydrogen-bond acceptors (Lipinski definition) is 3. The number of rotatable bonds is 6. The van der Waals surface area contributed by atoms with E-state index < -0.39 is 0 Å². The lowest BCUT2D eigenvalue weighted by Gasteiger charge is -2.22. The van der Waals surface area contributed by atoms with E-state index in [0.29, 0.717) is 24.6 Å². The Hall–Kier alpha value is -2.43. The Bertz CT molecular complexity index is 821. The third-order valence-corrected chi connectivity index (χ3v) is 5.21. The SMILES string of the molecule is CCNC(=O)c1c(CC2CCCC2)n(Cc2cccnc2)c(C)cc1=O. The Morgan fingerprint density at radius 2 is 2.12 bits per heavy atom. The zero-order valence-electron chi connectivity index (χ0n) is 15.6. The average molecular weight is 353 g/mol. The van der Waals surface area contributed by atoms with Crippen molar-refractivity contribution in [2.75, 3.05) is 6.54 Å². The summed E-state index contributed by atoms with van der Waals surface area (Å²) in [7, 11) is 0.